The standard InChI is InChI=1S/C25H27ClN4O2/c1-25(2,3)22-15-16(6-10-27-22)23-28-11-7-21(29-23)19-5-4-17(14-20(19)26)24(32)30-12-8-18(31)9-13-30/h4-7,10-11,14-15,18,31H,8-9,12-13H2,1-3H3. The van der Waals surface area contributed by atoms with E-state index in [1.807, 2.05) is 24.3 Å². The van der Waals surface area contributed by atoms with Gasteiger partial charge in [0.15, 0.2) is 5.82 Å². The number of pyridine rings is 1. The minimum absolute atomic E-state index is 0.0692. The topological polar surface area (TPSA) is 79.2 Å². The second-order valence-corrected chi connectivity index (χ2v) is 9.57. The lowest BCUT2D eigenvalue weighted by Gasteiger charge is -2.29. The number of benzene rings is 1. The van der Waals surface area contributed by atoms with Gasteiger partial charge in [-0.05, 0) is 43.2 Å². The van der Waals surface area contributed by atoms with E-state index in [1.165, 1.54) is 0 Å². The lowest BCUT2D eigenvalue weighted by atomic mass is 9.91. The first-order chi connectivity index (χ1) is 15.2. The second kappa shape index (κ2) is 8.96. The van der Waals surface area contributed by atoms with Gasteiger partial charge in [0.05, 0.1) is 16.8 Å². The molecule has 0 aliphatic carbocycles. The highest BCUT2D eigenvalue weighted by molar-refractivity contribution is 6.33. The fourth-order valence-electron chi connectivity index (χ4n) is 3.73. The third-order valence-electron chi connectivity index (χ3n) is 5.69. The van der Waals surface area contributed by atoms with Crippen LogP contribution in [0.15, 0.2) is 48.8 Å². The third-order valence-corrected chi connectivity index (χ3v) is 6.00. The van der Waals surface area contributed by atoms with Gasteiger partial charge in [-0.15, -0.1) is 0 Å². The van der Waals surface area contributed by atoms with Crippen molar-refractivity contribution >= 4 is 17.5 Å². The average molecular weight is 451 g/mol. The van der Waals surface area contributed by atoms with Crippen molar-refractivity contribution in [1.82, 2.24) is 19.9 Å². The van der Waals surface area contributed by atoms with Crippen LogP contribution in [0.3, 0.4) is 0 Å². The maximum absolute atomic E-state index is 12.8. The number of rotatable bonds is 3. The Morgan fingerprint density at radius 3 is 2.47 bits per heavy atom. The number of aromatic nitrogens is 3. The molecule has 0 radical (unpaired) electrons. The molecule has 6 nitrogen and oxygen atoms in total. The highest BCUT2D eigenvalue weighted by Gasteiger charge is 2.23. The van der Waals surface area contributed by atoms with E-state index in [2.05, 4.69) is 30.7 Å². The highest BCUT2D eigenvalue weighted by Crippen LogP contribution is 2.30. The second-order valence-electron chi connectivity index (χ2n) is 9.16. The Morgan fingerprint density at radius 1 is 1.06 bits per heavy atom. The molecule has 0 saturated carbocycles. The molecule has 166 valence electrons. The first kappa shape index (κ1) is 22.4. The van der Waals surface area contributed by atoms with Gasteiger partial charge < -0.3 is 10.0 Å². The molecule has 1 saturated heterocycles. The Balaban J connectivity index is 1.60. The maximum Gasteiger partial charge on any atom is 0.253 e. The summed E-state index contributed by atoms with van der Waals surface area (Å²) in [6, 6.07) is 11.0. The number of halogens is 1. The number of aliphatic hydroxyl groups is 1. The summed E-state index contributed by atoms with van der Waals surface area (Å²) in [5.41, 5.74) is 3.75. The number of likely N-dealkylation sites (tertiary alicyclic amines) is 1. The van der Waals surface area contributed by atoms with Gasteiger partial charge >= 0.3 is 0 Å². The molecule has 1 aliphatic rings. The first-order valence-electron chi connectivity index (χ1n) is 10.8. The molecule has 1 amide bonds. The molecule has 0 atom stereocenters. The van der Waals surface area contributed by atoms with Gasteiger partial charge in [-0.1, -0.05) is 38.4 Å². The summed E-state index contributed by atoms with van der Waals surface area (Å²) in [5.74, 6) is 0.527. The van der Waals surface area contributed by atoms with Crippen molar-refractivity contribution in [3.8, 4) is 22.6 Å². The number of amides is 1. The Labute approximate surface area is 193 Å². The third kappa shape index (κ3) is 4.81. The zero-order valence-corrected chi connectivity index (χ0v) is 19.3. The molecular weight excluding hydrogens is 424 g/mol. The molecule has 3 heterocycles. The van der Waals surface area contributed by atoms with Gasteiger partial charge in [-0.25, -0.2) is 9.97 Å². The van der Waals surface area contributed by atoms with Crippen molar-refractivity contribution < 1.29 is 9.90 Å². The van der Waals surface area contributed by atoms with Gasteiger partial charge in [-0.2, -0.15) is 0 Å². The number of carbonyl (C=O) groups is 1. The number of hydrogen-bond donors (Lipinski definition) is 1. The fourth-order valence-corrected chi connectivity index (χ4v) is 4.01. The minimum atomic E-state index is -0.322. The smallest absolute Gasteiger partial charge is 0.253 e. The lowest BCUT2D eigenvalue weighted by molar-refractivity contribution is 0.0546. The summed E-state index contributed by atoms with van der Waals surface area (Å²) < 4.78 is 0. The van der Waals surface area contributed by atoms with Crippen LogP contribution < -0.4 is 0 Å². The summed E-state index contributed by atoms with van der Waals surface area (Å²) in [5, 5.41) is 10.1. The van der Waals surface area contributed by atoms with E-state index in [9.17, 15) is 9.90 Å². The Kier molecular flexibility index (Phi) is 6.26. The molecular formula is C25H27ClN4O2. The van der Waals surface area contributed by atoms with E-state index in [0.717, 1.165) is 16.8 Å². The minimum Gasteiger partial charge on any atom is -0.393 e. The van der Waals surface area contributed by atoms with Gasteiger partial charge in [0.2, 0.25) is 0 Å². The van der Waals surface area contributed by atoms with Crippen LogP contribution in [0, 0.1) is 0 Å². The van der Waals surface area contributed by atoms with E-state index < -0.39 is 0 Å². The Hall–Kier alpha value is -2.83. The summed E-state index contributed by atoms with van der Waals surface area (Å²) in [6.07, 6.45) is 4.37. The van der Waals surface area contributed by atoms with E-state index in [4.69, 9.17) is 16.6 Å². The van der Waals surface area contributed by atoms with Crippen LogP contribution in [0.4, 0.5) is 0 Å². The van der Waals surface area contributed by atoms with E-state index in [1.54, 1.807) is 29.4 Å². The Morgan fingerprint density at radius 2 is 1.78 bits per heavy atom. The lowest BCUT2D eigenvalue weighted by Crippen LogP contribution is -2.40. The van der Waals surface area contributed by atoms with Crippen molar-refractivity contribution in [1.29, 1.82) is 0 Å². The van der Waals surface area contributed by atoms with Crippen LogP contribution in [0.1, 0.15) is 49.7 Å². The molecule has 0 bridgehead atoms. The highest BCUT2D eigenvalue weighted by atomic mass is 35.5. The maximum atomic E-state index is 12.8. The zero-order valence-electron chi connectivity index (χ0n) is 18.5. The van der Waals surface area contributed by atoms with Crippen molar-refractivity contribution in [3.63, 3.8) is 0 Å². The SMILES string of the molecule is CC(C)(C)c1cc(-c2nccc(-c3ccc(C(=O)N4CCC(O)CC4)cc3Cl)n2)ccn1. The molecule has 3 aromatic rings. The van der Waals surface area contributed by atoms with Crippen molar-refractivity contribution in [3.05, 3.63) is 65.1 Å². The zero-order chi connectivity index (χ0) is 22.9. The molecule has 0 unspecified atom stereocenters. The monoisotopic (exact) mass is 450 g/mol. The molecule has 7 heteroatoms. The van der Waals surface area contributed by atoms with Gasteiger partial charge in [0.25, 0.3) is 5.91 Å². The largest absolute Gasteiger partial charge is 0.393 e. The van der Waals surface area contributed by atoms with E-state index in [0.29, 0.717) is 48.0 Å². The summed E-state index contributed by atoms with van der Waals surface area (Å²) in [6.45, 7) is 7.45. The molecule has 0 spiro atoms. The number of aliphatic hydroxyl groups excluding tert-OH is 1. The molecule has 1 N–H and O–H groups in total. The van der Waals surface area contributed by atoms with E-state index in [-0.39, 0.29) is 17.4 Å². The van der Waals surface area contributed by atoms with Gasteiger partial charge in [0.1, 0.15) is 0 Å². The first-order valence-corrected chi connectivity index (χ1v) is 11.2. The predicted molar refractivity (Wildman–Crippen MR) is 126 cm³/mol. The van der Waals surface area contributed by atoms with Gasteiger partial charge in [0, 0.05) is 53.3 Å². The number of nitrogens with zero attached hydrogens (tertiary/aromatic N) is 4. The molecule has 4 rings (SSSR count). The van der Waals surface area contributed by atoms with Crippen LogP contribution in [0.5, 0.6) is 0 Å². The Bertz CT molecular complexity index is 1130. The van der Waals surface area contributed by atoms with Crippen LogP contribution >= 0.6 is 11.6 Å². The van der Waals surface area contributed by atoms with E-state index >= 15 is 0 Å². The van der Waals surface area contributed by atoms with Crippen LogP contribution in [0.25, 0.3) is 22.6 Å². The molecule has 1 aromatic carbocycles. The van der Waals surface area contributed by atoms with Crippen LogP contribution in [-0.4, -0.2) is 50.1 Å². The van der Waals surface area contributed by atoms with Crippen molar-refractivity contribution in [2.45, 2.75) is 45.1 Å². The van der Waals surface area contributed by atoms with Gasteiger partial charge in [-0.3, -0.25) is 9.78 Å². The summed E-state index contributed by atoms with van der Waals surface area (Å²) in [7, 11) is 0. The average Bonchev–Trinajstić information content (AvgIpc) is 2.78. The van der Waals surface area contributed by atoms with Crippen molar-refractivity contribution in [2.75, 3.05) is 13.1 Å². The normalized spacial score (nSPS) is 15.1. The number of carbonyl (C=O) groups excluding carboxylic acids is 1. The summed E-state index contributed by atoms with van der Waals surface area (Å²) in [4.78, 5) is 28.2. The fraction of sp³-hybridized carbons (Fsp3) is 0.360. The molecule has 1 fully saturated rings. The van der Waals surface area contributed by atoms with Crippen LogP contribution in [0.2, 0.25) is 5.02 Å². The quantitative estimate of drug-likeness (QED) is 0.622. The number of hydrogen-bond acceptors (Lipinski definition) is 5. The summed E-state index contributed by atoms with van der Waals surface area (Å²) >= 11 is 6.57. The molecule has 1 aliphatic heterocycles. The number of piperidine rings is 1. The molecule has 2 aromatic heterocycles. The predicted octanol–water partition coefficient (Wildman–Crippen LogP) is 4.75. The molecule has 32 heavy (non-hydrogen) atoms. The van der Waals surface area contributed by atoms with Crippen molar-refractivity contribution in [2.24, 2.45) is 0 Å². The van der Waals surface area contributed by atoms with Crippen LogP contribution in [-0.2, 0) is 5.41 Å².